The molecule has 0 radical (unpaired) electrons. The van der Waals surface area contributed by atoms with Crippen LogP contribution in [-0.2, 0) is 13.0 Å². The molecule has 0 unspecified atom stereocenters. The summed E-state index contributed by atoms with van der Waals surface area (Å²) in [6, 6.07) is 11.7. The Bertz CT molecular complexity index is 620. The van der Waals surface area contributed by atoms with Crippen LogP contribution >= 0.6 is 11.6 Å². The molecular formula is C16H19ClN2O. The molecule has 0 fully saturated rings. The number of nitrogens with zero attached hydrogens (tertiary/aromatic N) is 2. The zero-order valence-corrected chi connectivity index (χ0v) is 12.6. The number of rotatable bonds is 5. The lowest BCUT2D eigenvalue weighted by Crippen LogP contribution is -2.25. The van der Waals surface area contributed by atoms with Gasteiger partial charge in [0.15, 0.2) is 0 Å². The lowest BCUT2D eigenvalue weighted by Gasteiger charge is -2.14. The summed E-state index contributed by atoms with van der Waals surface area (Å²) in [5.74, 6) is 0.939. The Morgan fingerprint density at radius 3 is 2.60 bits per heavy atom. The maximum absolute atomic E-state index is 12.0. The van der Waals surface area contributed by atoms with Crippen molar-refractivity contribution >= 4 is 11.6 Å². The second kappa shape index (κ2) is 6.71. The molecular weight excluding hydrogens is 272 g/mol. The summed E-state index contributed by atoms with van der Waals surface area (Å²) in [5.41, 5.74) is 1.22. The van der Waals surface area contributed by atoms with Gasteiger partial charge in [-0.1, -0.05) is 55.8 Å². The van der Waals surface area contributed by atoms with Crippen LogP contribution in [0.25, 0.3) is 0 Å². The minimum atomic E-state index is -0.0678. The minimum absolute atomic E-state index is 0.0678. The molecule has 0 saturated heterocycles. The zero-order chi connectivity index (χ0) is 14.5. The van der Waals surface area contributed by atoms with Crippen LogP contribution in [0.5, 0.6) is 0 Å². The van der Waals surface area contributed by atoms with Crippen LogP contribution in [0, 0.1) is 0 Å². The van der Waals surface area contributed by atoms with Gasteiger partial charge in [-0.25, -0.2) is 4.98 Å². The second-order valence-electron chi connectivity index (χ2n) is 5.17. The first kappa shape index (κ1) is 14.8. The summed E-state index contributed by atoms with van der Waals surface area (Å²) in [5, 5.41) is 0.276. The standard InChI is InChI=1S/C16H19ClN2O/c1-12(2)16-18-14(17)11-15(20)19(16)10-6-9-13-7-4-3-5-8-13/h3-5,7-8,11-12H,6,9-10H2,1-2H3. The summed E-state index contributed by atoms with van der Waals surface area (Å²) in [6.07, 6.45) is 1.86. The molecule has 4 heteroatoms. The highest BCUT2D eigenvalue weighted by molar-refractivity contribution is 6.29. The first-order valence-corrected chi connectivity index (χ1v) is 7.27. The molecule has 20 heavy (non-hydrogen) atoms. The molecule has 0 aliphatic carbocycles. The molecule has 0 aliphatic heterocycles. The normalized spacial score (nSPS) is 11.0. The van der Waals surface area contributed by atoms with Crippen LogP contribution in [0.15, 0.2) is 41.2 Å². The first-order chi connectivity index (χ1) is 9.58. The van der Waals surface area contributed by atoms with E-state index in [0.717, 1.165) is 18.7 Å². The highest BCUT2D eigenvalue weighted by atomic mass is 35.5. The van der Waals surface area contributed by atoms with Crippen molar-refractivity contribution in [3.05, 3.63) is 63.3 Å². The molecule has 2 rings (SSSR count). The minimum Gasteiger partial charge on any atom is -0.296 e. The van der Waals surface area contributed by atoms with Gasteiger partial charge in [-0.15, -0.1) is 0 Å². The molecule has 0 amide bonds. The van der Waals surface area contributed by atoms with Crippen molar-refractivity contribution in [3.8, 4) is 0 Å². The Morgan fingerprint density at radius 1 is 1.25 bits per heavy atom. The highest BCUT2D eigenvalue weighted by Crippen LogP contribution is 2.13. The highest BCUT2D eigenvalue weighted by Gasteiger charge is 2.11. The molecule has 0 bridgehead atoms. The number of aromatic nitrogens is 2. The van der Waals surface area contributed by atoms with Gasteiger partial charge in [-0.2, -0.15) is 0 Å². The van der Waals surface area contributed by atoms with Crippen LogP contribution in [0.3, 0.4) is 0 Å². The van der Waals surface area contributed by atoms with Crippen LogP contribution in [0.2, 0.25) is 5.15 Å². The van der Waals surface area contributed by atoms with Crippen LogP contribution in [0.1, 0.15) is 37.6 Å². The Balaban J connectivity index is 2.11. The molecule has 2 aromatic rings. The van der Waals surface area contributed by atoms with Crippen molar-refractivity contribution in [2.24, 2.45) is 0 Å². The second-order valence-corrected chi connectivity index (χ2v) is 5.56. The van der Waals surface area contributed by atoms with Crippen molar-refractivity contribution < 1.29 is 0 Å². The number of benzene rings is 1. The van der Waals surface area contributed by atoms with E-state index in [-0.39, 0.29) is 16.6 Å². The third-order valence-corrected chi connectivity index (χ3v) is 3.41. The maximum Gasteiger partial charge on any atom is 0.254 e. The van der Waals surface area contributed by atoms with Gasteiger partial charge in [0.1, 0.15) is 11.0 Å². The molecule has 0 N–H and O–H groups in total. The Labute approximate surface area is 124 Å². The van der Waals surface area contributed by atoms with Gasteiger partial charge in [0.2, 0.25) is 0 Å². The zero-order valence-electron chi connectivity index (χ0n) is 11.8. The third-order valence-electron chi connectivity index (χ3n) is 3.21. The predicted molar refractivity (Wildman–Crippen MR) is 82.4 cm³/mol. The first-order valence-electron chi connectivity index (χ1n) is 6.89. The largest absolute Gasteiger partial charge is 0.296 e. The summed E-state index contributed by atoms with van der Waals surface area (Å²) in [7, 11) is 0. The van der Waals surface area contributed by atoms with Gasteiger partial charge in [-0.3, -0.25) is 9.36 Å². The fraction of sp³-hybridized carbons (Fsp3) is 0.375. The van der Waals surface area contributed by atoms with E-state index < -0.39 is 0 Å². The van der Waals surface area contributed by atoms with Crippen molar-refractivity contribution in [1.29, 1.82) is 0 Å². The van der Waals surface area contributed by atoms with Gasteiger partial charge in [0.05, 0.1) is 0 Å². The average molecular weight is 291 g/mol. The quantitative estimate of drug-likeness (QED) is 0.788. The molecule has 0 atom stereocenters. The number of hydrogen-bond acceptors (Lipinski definition) is 2. The number of halogens is 1. The van der Waals surface area contributed by atoms with Gasteiger partial charge in [0.25, 0.3) is 5.56 Å². The van der Waals surface area contributed by atoms with Crippen LogP contribution in [-0.4, -0.2) is 9.55 Å². The van der Waals surface area contributed by atoms with E-state index in [1.54, 1.807) is 4.57 Å². The van der Waals surface area contributed by atoms with E-state index in [9.17, 15) is 4.79 Å². The Kier molecular flexibility index (Phi) is 4.96. The van der Waals surface area contributed by atoms with Gasteiger partial charge in [-0.05, 0) is 18.4 Å². The van der Waals surface area contributed by atoms with Crippen LogP contribution < -0.4 is 5.56 Å². The Hall–Kier alpha value is -1.61. The lowest BCUT2D eigenvalue weighted by molar-refractivity contribution is 0.555. The number of hydrogen-bond donors (Lipinski definition) is 0. The third kappa shape index (κ3) is 3.70. The predicted octanol–water partition coefficient (Wildman–Crippen LogP) is 3.65. The fourth-order valence-electron chi connectivity index (χ4n) is 2.25. The topological polar surface area (TPSA) is 34.9 Å². The van der Waals surface area contributed by atoms with Crippen molar-refractivity contribution in [2.75, 3.05) is 0 Å². The molecule has 3 nitrogen and oxygen atoms in total. The summed E-state index contributed by atoms with van der Waals surface area (Å²) >= 11 is 5.87. The molecule has 0 spiro atoms. The smallest absolute Gasteiger partial charge is 0.254 e. The van der Waals surface area contributed by atoms with Crippen molar-refractivity contribution in [2.45, 2.75) is 39.2 Å². The van der Waals surface area contributed by atoms with Crippen molar-refractivity contribution in [1.82, 2.24) is 9.55 Å². The molecule has 106 valence electrons. The average Bonchev–Trinajstić information content (AvgIpc) is 2.41. The van der Waals surface area contributed by atoms with E-state index >= 15 is 0 Å². The van der Waals surface area contributed by atoms with Crippen molar-refractivity contribution in [3.63, 3.8) is 0 Å². The van der Waals surface area contributed by atoms with E-state index in [2.05, 4.69) is 17.1 Å². The maximum atomic E-state index is 12.0. The molecule has 1 aromatic heterocycles. The van der Waals surface area contributed by atoms with E-state index in [0.29, 0.717) is 6.54 Å². The van der Waals surface area contributed by atoms with Gasteiger partial charge in [0, 0.05) is 18.5 Å². The summed E-state index contributed by atoms with van der Waals surface area (Å²) in [4.78, 5) is 16.3. The van der Waals surface area contributed by atoms with Gasteiger partial charge >= 0.3 is 0 Å². The monoisotopic (exact) mass is 290 g/mol. The molecule has 0 aliphatic rings. The lowest BCUT2D eigenvalue weighted by atomic mass is 10.1. The van der Waals surface area contributed by atoms with Gasteiger partial charge < -0.3 is 0 Å². The SMILES string of the molecule is CC(C)c1nc(Cl)cc(=O)n1CCCc1ccccc1. The Morgan fingerprint density at radius 2 is 1.95 bits per heavy atom. The van der Waals surface area contributed by atoms with E-state index in [4.69, 9.17) is 11.6 Å². The summed E-state index contributed by atoms with van der Waals surface area (Å²) < 4.78 is 1.74. The van der Waals surface area contributed by atoms with E-state index in [1.807, 2.05) is 32.0 Å². The van der Waals surface area contributed by atoms with E-state index in [1.165, 1.54) is 11.6 Å². The van der Waals surface area contributed by atoms with Crippen LogP contribution in [0.4, 0.5) is 0 Å². The molecule has 0 saturated carbocycles. The fourth-order valence-corrected chi connectivity index (χ4v) is 2.43. The summed E-state index contributed by atoms with van der Waals surface area (Å²) in [6.45, 7) is 4.71. The number of aryl methyl sites for hydroxylation is 1. The molecule has 1 aromatic carbocycles. The molecule has 1 heterocycles.